The number of hydrogen-bond donors (Lipinski definition) is 0. The minimum atomic E-state index is -0.0532. The van der Waals surface area contributed by atoms with Crippen molar-refractivity contribution in [2.45, 2.75) is 85.0 Å². The van der Waals surface area contributed by atoms with Crippen LogP contribution in [0.3, 0.4) is 0 Å². The van der Waals surface area contributed by atoms with Gasteiger partial charge in [-0.15, -0.1) is 0 Å². The summed E-state index contributed by atoms with van der Waals surface area (Å²) in [5.74, 6) is 0. The van der Waals surface area contributed by atoms with Crippen LogP contribution >= 0.6 is 0 Å². The van der Waals surface area contributed by atoms with Crippen LogP contribution in [0, 0.1) is 5.41 Å². The summed E-state index contributed by atoms with van der Waals surface area (Å²) in [5.41, 5.74) is 0.179. The lowest BCUT2D eigenvalue weighted by Crippen LogP contribution is -2.34. The van der Waals surface area contributed by atoms with Gasteiger partial charge in [0.1, 0.15) is 0 Å². The van der Waals surface area contributed by atoms with Crippen molar-refractivity contribution in [2.75, 3.05) is 19.8 Å². The molecular formula is C17H34O3. The maximum Gasteiger partial charge on any atom is 0.0704 e. The number of rotatable bonds is 6. The van der Waals surface area contributed by atoms with Gasteiger partial charge >= 0.3 is 0 Å². The first kappa shape index (κ1) is 17.9. The molecule has 0 aliphatic heterocycles. The van der Waals surface area contributed by atoms with Crippen molar-refractivity contribution >= 4 is 0 Å². The molecular weight excluding hydrogens is 252 g/mol. The van der Waals surface area contributed by atoms with Crippen LogP contribution in [0.1, 0.15) is 67.2 Å². The molecule has 0 amide bonds. The van der Waals surface area contributed by atoms with Crippen molar-refractivity contribution in [3.8, 4) is 0 Å². The van der Waals surface area contributed by atoms with Crippen LogP contribution in [0.15, 0.2) is 0 Å². The molecule has 2 unspecified atom stereocenters. The van der Waals surface area contributed by atoms with Crippen molar-refractivity contribution in [3.05, 3.63) is 0 Å². The highest BCUT2D eigenvalue weighted by Crippen LogP contribution is 2.26. The third-order valence-electron chi connectivity index (χ3n) is 3.21. The Balaban J connectivity index is 2.14. The van der Waals surface area contributed by atoms with Crippen molar-refractivity contribution in [1.29, 1.82) is 0 Å². The zero-order valence-corrected chi connectivity index (χ0v) is 14.3. The third-order valence-corrected chi connectivity index (χ3v) is 3.21. The standard InChI is InChI=1S/C17H34O3/c1-16(2,3)13-18-10-11-19-14-8-7-9-15(12-14)20-17(4,5)6/h14-15H,7-13H2,1-6H3. The van der Waals surface area contributed by atoms with Crippen LogP contribution in [0.25, 0.3) is 0 Å². The van der Waals surface area contributed by atoms with Gasteiger partial charge in [0, 0.05) is 0 Å². The quantitative estimate of drug-likeness (QED) is 0.685. The van der Waals surface area contributed by atoms with Crippen LogP contribution in [-0.2, 0) is 14.2 Å². The summed E-state index contributed by atoms with van der Waals surface area (Å²) in [6.45, 7) is 15.1. The van der Waals surface area contributed by atoms with Crippen LogP contribution < -0.4 is 0 Å². The zero-order chi connectivity index (χ0) is 15.2. The third kappa shape index (κ3) is 8.93. The van der Waals surface area contributed by atoms with Gasteiger partial charge in [-0.05, 0) is 51.9 Å². The zero-order valence-electron chi connectivity index (χ0n) is 14.3. The molecule has 3 nitrogen and oxygen atoms in total. The molecule has 20 heavy (non-hydrogen) atoms. The van der Waals surface area contributed by atoms with Crippen LogP contribution in [0.2, 0.25) is 0 Å². The molecule has 0 bridgehead atoms. The predicted molar refractivity (Wildman–Crippen MR) is 83.1 cm³/mol. The molecule has 0 spiro atoms. The predicted octanol–water partition coefficient (Wildman–Crippen LogP) is 4.19. The first-order chi connectivity index (χ1) is 9.16. The Labute approximate surface area is 125 Å². The number of hydrogen-bond acceptors (Lipinski definition) is 3. The first-order valence-corrected chi connectivity index (χ1v) is 8.03. The van der Waals surface area contributed by atoms with Crippen LogP contribution in [0.5, 0.6) is 0 Å². The molecule has 0 aromatic heterocycles. The first-order valence-electron chi connectivity index (χ1n) is 8.03. The molecule has 0 aromatic rings. The van der Waals surface area contributed by atoms with Gasteiger partial charge in [-0.2, -0.15) is 0 Å². The molecule has 1 aliphatic rings. The molecule has 0 radical (unpaired) electrons. The highest BCUT2D eigenvalue weighted by atomic mass is 16.5. The smallest absolute Gasteiger partial charge is 0.0704 e. The molecule has 120 valence electrons. The van der Waals surface area contributed by atoms with Gasteiger partial charge in [0.15, 0.2) is 0 Å². The Bertz CT molecular complexity index is 262. The van der Waals surface area contributed by atoms with Gasteiger partial charge in [-0.1, -0.05) is 20.8 Å². The summed E-state index contributed by atoms with van der Waals surface area (Å²) in [7, 11) is 0. The van der Waals surface area contributed by atoms with Crippen LogP contribution in [-0.4, -0.2) is 37.6 Å². The van der Waals surface area contributed by atoms with E-state index in [2.05, 4.69) is 41.5 Å². The van der Waals surface area contributed by atoms with Crippen molar-refractivity contribution in [1.82, 2.24) is 0 Å². The molecule has 2 atom stereocenters. The average Bonchev–Trinajstić information content (AvgIpc) is 2.25. The molecule has 0 heterocycles. The Hall–Kier alpha value is -0.120. The van der Waals surface area contributed by atoms with Crippen molar-refractivity contribution in [3.63, 3.8) is 0 Å². The minimum absolute atomic E-state index is 0.0532. The van der Waals surface area contributed by atoms with Gasteiger partial charge in [0.25, 0.3) is 0 Å². The van der Waals surface area contributed by atoms with E-state index in [1.54, 1.807) is 0 Å². The fourth-order valence-electron chi connectivity index (χ4n) is 2.51. The lowest BCUT2D eigenvalue weighted by Gasteiger charge is -2.34. The van der Waals surface area contributed by atoms with E-state index < -0.39 is 0 Å². The lowest BCUT2D eigenvalue weighted by atomic mass is 9.94. The maximum absolute atomic E-state index is 6.07. The second kappa shape index (κ2) is 7.77. The summed E-state index contributed by atoms with van der Waals surface area (Å²) in [4.78, 5) is 0. The number of ether oxygens (including phenoxy) is 3. The topological polar surface area (TPSA) is 27.7 Å². The van der Waals surface area contributed by atoms with Crippen molar-refractivity contribution in [2.24, 2.45) is 5.41 Å². The summed E-state index contributed by atoms with van der Waals surface area (Å²) in [6, 6.07) is 0. The highest BCUT2D eigenvalue weighted by Gasteiger charge is 2.26. The second-order valence-electron chi connectivity index (χ2n) is 8.12. The average molecular weight is 286 g/mol. The van der Waals surface area contributed by atoms with Gasteiger partial charge in [-0.25, -0.2) is 0 Å². The summed E-state index contributed by atoms with van der Waals surface area (Å²) in [6.07, 6.45) is 5.24. The van der Waals surface area contributed by atoms with Gasteiger partial charge in [0.2, 0.25) is 0 Å². The Morgan fingerprint density at radius 1 is 0.900 bits per heavy atom. The molecule has 1 saturated carbocycles. The molecule has 1 fully saturated rings. The largest absolute Gasteiger partial charge is 0.379 e. The SMILES string of the molecule is CC(C)(C)COCCOC1CCCC(OC(C)(C)C)C1. The van der Waals surface area contributed by atoms with E-state index in [1.807, 2.05) is 0 Å². The Kier molecular flexibility index (Phi) is 6.96. The molecule has 0 saturated heterocycles. The summed E-state index contributed by atoms with van der Waals surface area (Å²) >= 11 is 0. The molecule has 3 heteroatoms. The van der Waals surface area contributed by atoms with E-state index >= 15 is 0 Å². The van der Waals surface area contributed by atoms with E-state index in [0.29, 0.717) is 25.4 Å². The van der Waals surface area contributed by atoms with Crippen LogP contribution in [0.4, 0.5) is 0 Å². The minimum Gasteiger partial charge on any atom is -0.379 e. The van der Waals surface area contributed by atoms with E-state index in [1.165, 1.54) is 6.42 Å². The second-order valence-corrected chi connectivity index (χ2v) is 8.12. The molecule has 1 rings (SSSR count). The summed E-state index contributed by atoms with van der Waals surface area (Å²) in [5, 5.41) is 0. The highest BCUT2D eigenvalue weighted by molar-refractivity contribution is 4.76. The van der Waals surface area contributed by atoms with E-state index in [9.17, 15) is 0 Å². The van der Waals surface area contributed by atoms with E-state index in [0.717, 1.165) is 25.9 Å². The Morgan fingerprint density at radius 3 is 2.15 bits per heavy atom. The van der Waals surface area contributed by atoms with Gasteiger partial charge in [-0.3, -0.25) is 0 Å². The fraction of sp³-hybridized carbons (Fsp3) is 1.00. The van der Waals surface area contributed by atoms with Crippen molar-refractivity contribution < 1.29 is 14.2 Å². The van der Waals surface area contributed by atoms with Gasteiger partial charge < -0.3 is 14.2 Å². The molecule has 0 aromatic carbocycles. The Morgan fingerprint density at radius 2 is 1.55 bits per heavy atom. The monoisotopic (exact) mass is 286 g/mol. The van der Waals surface area contributed by atoms with Gasteiger partial charge in [0.05, 0.1) is 37.6 Å². The molecule has 0 N–H and O–H groups in total. The maximum atomic E-state index is 6.07. The van der Waals surface area contributed by atoms with E-state index in [4.69, 9.17) is 14.2 Å². The normalized spacial score (nSPS) is 24.9. The lowest BCUT2D eigenvalue weighted by molar-refractivity contribution is -0.107. The summed E-state index contributed by atoms with van der Waals surface area (Å²) < 4.78 is 17.6. The van der Waals surface area contributed by atoms with E-state index in [-0.39, 0.29) is 11.0 Å². The molecule has 1 aliphatic carbocycles. The fourth-order valence-corrected chi connectivity index (χ4v) is 2.51.